The highest BCUT2D eigenvalue weighted by molar-refractivity contribution is 5.46. The second-order valence-corrected chi connectivity index (χ2v) is 8.58. The molecule has 2 aromatic carbocycles. The van der Waals surface area contributed by atoms with Crippen LogP contribution in [0.3, 0.4) is 0 Å². The summed E-state index contributed by atoms with van der Waals surface area (Å²) in [4.78, 5) is 3.77. The van der Waals surface area contributed by atoms with E-state index in [-0.39, 0.29) is 17.4 Å². The fourth-order valence-electron chi connectivity index (χ4n) is 4.16. The number of hydrogen-bond acceptors (Lipinski definition) is 4. The summed E-state index contributed by atoms with van der Waals surface area (Å²) in [5.41, 5.74) is 2.15. The molecular weight excluding hydrogens is 379 g/mol. The molecule has 0 bridgehead atoms. The van der Waals surface area contributed by atoms with Crippen molar-refractivity contribution < 1.29 is 9.29 Å². The zero-order valence-electron chi connectivity index (χ0n) is 17.9. The second-order valence-electron chi connectivity index (χ2n) is 8.58. The molecule has 0 unspecified atom stereocenters. The predicted molar refractivity (Wildman–Crippen MR) is 115 cm³/mol. The fraction of sp³-hybridized carbons (Fsp3) is 0.435. The molecule has 30 heavy (non-hydrogen) atoms. The zero-order valence-corrected chi connectivity index (χ0v) is 17.9. The second kappa shape index (κ2) is 8.52. The van der Waals surface area contributed by atoms with Gasteiger partial charge in [-0.2, -0.15) is 0 Å². The molecule has 0 amide bonds. The lowest BCUT2D eigenvalue weighted by atomic mass is 9.99. The van der Waals surface area contributed by atoms with E-state index in [4.69, 9.17) is 0 Å². The third-order valence-electron chi connectivity index (χ3n) is 6.33. The maximum Gasteiger partial charge on any atom is 0.214 e. The van der Waals surface area contributed by atoms with Gasteiger partial charge in [0.2, 0.25) is 5.82 Å². The molecule has 7 heteroatoms. The Morgan fingerprint density at radius 2 is 1.70 bits per heavy atom. The highest BCUT2D eigenvalue weighted by atomic mass is 19.1. The maximum atomic E-state index is 13.3. The van der Waals surface area contributed by atoms with Crippen LogP contribution in [0.2, 0.25) is 0 Å². The van der Waals surface area contributed by atoms with Gasteiger partial charge in [0.1, 0.15) is 5.82 Å². The average molecular weight is 410 g/mol. The molecule has 158 valence electrons. The number of halogens is 1. The van der Waals surface area contributed by atoms with Crippen molar-refractivity contribution in [2.24, 2.45) is 0 Å². The van der Waals surface area contributed by atoms with Gasteiger partial charge in [-0.25, -0.2) is 9.07 Å². The molecule has 0 saturated carbocycles. The number of aromatic nitrogens is 4. The van der Waals surface area contributed by atoms with E-state index in [0.29, 0.717) is 0 Å². The van der Waals surface area contributed by atoms with E-state index in [1.54, 1.807) is 0 Å². The molecule has 0 spiro atoms. The number of benzene rings is 2. The van der Waals surface area contributed by atoms with Gasteiger partial charge < -0.3 is 9.80 Å². The third-order valence-corrected chi connectivity index (χ3v) is 6.33. The van der Waals surface area contributed by atoms with Gasteiger partial charge in [0.05, 0.1) is 31.7 Å². The summed E-state index contributed by atoms with van der Waals surface area (Å²) in [7, 11) is 0. The topological polar surface area (TPSA) is 51.3 Å². The summed E-state index contributed by atoms with van der Waals surface area (Å²) in [6.45, 7) is 10.2. The highest BCUT2D eigenvalue weighted by Gasteiger charge is 2.37. The quantitative estimate of drug-likeness (QED) is 0.680. The van der Waals surface area contributed by atoms with Crippen molar-refractivity contribution in [2.75, 3.05) is 31.1 Å². The zero-order chi connectivity index (χ0) is 21.1. The first-order valence-corrected chi connectivity index (χ1v) is 10.7. The Bertz CT molecular complexity index is 945. The Morgan fingerprint density at radius 1 is 1.03 bits per heavy atom. The van der Waals surface area contributed by atoms with E-state index in [0.717, 1.165) is 44.1 Å². The number of rotatable bonds is 6. The standard InChI is InChI=1S/C23H29FN6/c1-4-23(2,3)30-22(25-26-27-30)21(18-8-6-5-7-9-18)29-16-14-28(15-17-29)20-12-10-19(24)11-13-20/h5-13,21H,4,14-17H2,1-3H3/p+1/t21-/m0/s1. The number of nitrogens with one attached hydrogen (secondary N) is 1. The summed E-state index contributed by atoms with van der Waals surface area (Å²) in [6.07, 6.45) is 0.945. The molecular formula is C23H30FN6+. The van der Waals surface area contributed by atoms with Crippen molar-refractivity contribution in [1.29, 1.82) is 0 Å². The Balaban J connectivity index is 1.61. The van der Waals surface area contributed by atoms with E-state index in [1.807, 2.05) is 22.9 Å². The predicted octanol–water partition coefficient (Wildman–Crippen LogP) is 2.45. The van der Waals surface area contributed by atoms with Crippen LogP contribution in [0.4, 0.5) is 10.1 Å². The Kier molecular flexibility index (Phi) is 5.81. The lowest BCUT2D eigenvalue weighted by Crippen LogP contribution is -3.15. The first kappa shape index (κ1) is 20.5. The van der Waals surface area contributed by atoms with E-state index >= 15 is 0 Å². The van der Waals surface area contributed by atoms with Crippen LogP contribution in [0, 0.1) is 5.82 Å². The minimum Gasteiger partial charge on any atom is -0.360 e. The Labute approximate surface area is 177 Å². The average Bonchev–Trinajstić information content (AvgIpc) is 3.26. The van der Waals surface area contributed by atoms with Gasteiger partial charge in [-0.3, -0.25) is 0 Å². The Hall–Kier alpha value is -2.80. The molecule has 3 aromatic rings. The van der Waals surface area contributed by atoms with Crippen molar-refractivity contribution in [3.8, 4) is 0 Å². The van der Waals surface area contributed by atoms with Crippen LogP contribution in [0.15, 0.2) is 54.6 Å². The number of nitrogens with zero attached hydrogens (tertiary/aromatic N) is 5. The molecule has 1 aliphatic rings. The fourth-order valence-corrected chi connectivity index (χ4v) is 4.16. The van der Waals surface area contributed by atoms with Crippen LogP contribution in [0.5, 0.6) is 0 Å². The van der Waals surface area contributed by atoms with Crippen LogP contribution in [0.25, 0.3) is 0 Å². The summed E-state index contributed by atoms with van der Waals surface area (Å²) in [5, 5.41) is 12.9. The number of piperazine rings is 1. The van der Waals surface area contributed by atoms with Gasteiger partial charge in [0.15, 0.2) is 6.04 Å². The Morgan fingerprint density at radius 3 is 2.33 bits per heavy atom. The minimum absolute atomic E-state index is 0.0717. The van der Waals surface area contributed by atoms with Crippen molar-refractivity contribution in [1.82, 2.24) is 20.2 Å². The first-order valence-electron chi connectivity index (χ1n) is 10.7. The number of anilines is 1. The first-order chi connectivity index (χ1) is 14.5. The van der Waals surface area contributed by atoms with Crippen molar-refractivity contribution in [3.05, 3.63) is 71.8 Å². The molecule has 0 radical (unpaired) electrons. The largest absolute Gasteiger partial charge is 0.360 e. The molecule has 0 aliphatic carbocycles. The molecule has 6 nitrogen and oxygen atoms in total. The summed E-state index contributed by atoms with van der Waals surface area (Å²) < 4.78 is 15.3. The van der Waals surface area contributed by atoms with Crippen molar-refractivity contribution in [2.45, 2.75) is 38.8 Å². The van der Waals surface area contributed by atoms with Gasteiger partial charge in [0.25, 0.3) is 0 Å². The van der Waals surface area contributed by atoms with E-state index in [9.17, 15) is 4.39 Å². The SMILES string of the molecule is CCC(C)(C)n1nnnc1[C@H](c1ccccc1)[NH+]1CCN(c2ccc(F)cc2)CC1. The van der Waals surface area contributed by atoms with Gasteiger partial charge in [-0.1, -0.05) is 37.3 Å². The van der Waals surface area contributed by atoms with Crippen LogP contribution in [-0.2, 0) is 5.54 Å². The highest BCUT2D eigenvalue weighted by Crippen LogP contribution is 2.25. The summed E-state index contributed by atoms with van der Waals surface area (Å²) in [5.74, 6) is 0.718. The summed E-state index contributed by atoms with van der Waals surface area (Å²) in [6, 6.07) is 17.4. The van der Waals surface area contributed by atoms with Gasteiger partial charge in [-0.15, -0.1) is 5.10 Å². The number of tetrazole rings is 1. The number of hydrogen-bond donors (Lipinski definition) is 1. The molecule has 2 heterocycles. The monoisotopic (exact) mass is 409 g/mol. The van der Waals surface area contributed by atoms with E-state index < -0.39 is 0 Å². The molecule has 1 aromatic heterocycles. The summed E-state index contributed by atoms with van der Waals surface area (Å²) >= 11 is 0. The molecule has 1 saturated heterocycles. The van der Waals surface area contributed by atoms with Crippen LogP contribution in [-0.4, -0.2) is 46.4 Å². The smallest absolute Gasteiger partial charge is 0.214 e. The minimum atomic E-state index is -0.197. The van der Waals surface area contributed by atoms with Crippen LogP contribution < -0.4 is 9.80 Å². The maximum absolute atomic E-state index is 13.3. The lowest BCUT2D eigenvalue weighted by Gasteiger charge is -2.38. The van der Waals surface area contributed by atoms with E-state index in [1.165, 1.54) is 22.6 Å². The van der Waals surface area contributed by atoms with Crippen molar-refractivity contribution >= 4 is 5.69 Å². The molecule has 1 aliphatic heterocycles. The van der Waals surface area contributed by atoms with Crippen molar-refractivity contribution in [3.63, 3.8) is 0 Å². The van der Waals surface area contributed by atoms with Gasteiger partial charge in [0, 0.05) is 11.3 Å². The molecule has 1 N–H and O–H groups in total. The molecule has 1 atom stereocenters. The van der Waals surface area contributed by atoms with Crippen LogP contribution >= 0.6 is 0 Å². The third kappa shape index (κ3) is 4.07. The number of quaternary nitrogens is 1. The van der Waals surface area contributed by atoms with Crippen LogP contribution in [0.1, 0.15) is 44.6 Å². The molecule has 4 rings (SSSR count). The lowest BCUT2D eigenvalue weighted by molar-refractivity contribution is -0.927. The normalized spacial score (nSPS) is 16.6. The van der Waals surface area contributed by atoms with E-state index in [2.05, 4.69) is 65.5 Å². The van der Waals surface area contributed by atoms with Gasteiger partial charge in [-0.05, 0) is 55.0 Å². The molecule has 1 fully saturated rings. The van der Waals surface area contributed by atoms with Gasteiger partial charge >= 0.3 is 0 Å².